The fourth-order valence-electron chi connectivity index (χ4n) is 2.34. The summed E-state index contributed by atoms with van der Waals surface area (Å²) in [5, 5.41) is 9.49. The number of nitrogens with zero attached hydrogens (tertiary/aromatic N) is 3. The molecule has 0 saturated carbocycles. The average molecular weight is 358 g/mol. The zero-order valence-corrected chi connectivity index (χ0v) is 14.9. The van der Waals surface area contributed by atoms with Crippen LogP contribution in [-0.4, -0.2) is 25.8 Å². The molecule has 0 saturated heterocycles. The lowest BCUT2D eigenvalue weighted by atomic mass is 10.1. The summed E-state index contributed by atoms with van der Waals surface area (Å²) in [7, 11) is 1.88. The van der Waals surface area contributed by atoms with Crippen molar-refractivity contribution < 1.29 is 4.79 Å². The SMILES string of the molecule is CC(Sc1nnc(-c2ccccc2Cl)n1C)C(=O)c1ccccc1. The molecule has 0 amide bonds. The van der Waals surface area contributed by atoms with Gasteiger partial charge in [0, 0.05) is 18.2 Å². The van der Waals surface area contributed by atoms with Crippen LogP contribution < -0.4 is 0 Å². The number of rotatable bonds is 5. The predicted octanol–water partition coefficient (Wildman–Crippen LogP) is 4.50. The summed E-state index contributed by atoms with van der Waals surface area (Å²) in [5.74, 6) is 0.755. The molecule has 0 aliphatic carbocycles. The molecule has 3 rings (SSSR count). The van der Waals surface area contributed by atoms with Gasteiger partial charge in [-0.1, -0.05) is 65.8 Å². The van der Waals surface area contributed by atoms with Gasteiger partial charge in [-0.3, -0.25) is 4.79 Å². The first kappa shape index (κ1) is 16.7. The van der Waals surface area contributed by atoms with Crippen molar-refractivity contribution in [3.05, 3.63) is 65.2 Å². The Hall–Kier alpha value is -2.11. The van der Waals surface area contributed by atoms with Gasteiger partial charge in [0.05, 0.1) is 10.3 Å². The van der Waals surface area contributed by atoms with Gasteiger partial charge < -0.3 is 4.57 Å². The van der Waals surface area contributed by atoms with Gasteiger partial charge in [0.25, 0.3) is 0 Å². The Bertz CT molecular complexity index is 864. The van der Waals surface area contributed by atoms with Crippen LogP contribution in [0.4, 0.5) is 0 Å². The fraction of sp³-hybridized carbons (Fsp3) is 0.167. The third-order valence-corrected chi connectivity index (χ3v) is 5.12. The molecule has 1 unspecified atom stereocenters. The molecule has 0 aliphatic heterocycles. The molecule has 0 fully saturated rings. The van der Waals surface area contributed by atoms with Gasteiger partial charge in [-0.25, -0.2) is 0 Å². The normalized spacial score (nSPS) is 12.1. The quantitative estimate of drug-likeness (QED) is 0.498. The molecule has 0 aliphatic rings. The van der Waals surface area contributed by atoms with Gasteiger partial charge in [0.2, 0.25) is 0 Å². The molecule has 3 aromatic rings. The van der Waals surface area contributed by atoms with Gasteiger partial charge in [-0.05, 0) is 19.1 Å². The van der Waals surface area contributed by atoms with Crippen LogP contribution in [0.25, 0.3) is 11.4 Å². The molecule has 1 aromatic heterocycles. The molecule has 1 heterocycles. The Balaban J connectivity index is 1.82. The van der Waals surface area contributed by atoms with Gasteiger partial charge in [0.15, 0.2) is 16.8 Å². The first-order valence-electron chi connectivity index (χ1n) is 7.48. The molecule has 122 valence electrons. The monoisotopic (exact) mass is 357 g/mol. The molecule has 2 aromatic carbocycles. The lowest BCUT2D eigenvalue weighted by Gasteiger charge is -2.10. The number of hydrogen-bond donors (Lipinski definition) is 0. The van der Waals surface area contributed by atoms with Gasteiger partial charge >= 0.3 is 0 Å². The minimum atomic E-state index is -0.255. The van der Waals surface area contributed by atoms with Gasteiger partial charge in [-0.2, -0.15) is 0 Å². The number of carbonyl (C=O) groups excluding carboxylic acids is 1. The molecular formula is C18H16ClN3OS. The number of halogens is 1. The number of ketones is 1. The van der Waals surface area contributed by atoms with Crippen LogP contribution in [-0.2, 0) is 7.05 Å². The van der Waals surface area contributed by atoms with Crippen molar-refractivity contribution in [3.63, 3.8) is 0 Å². The van der Waals surface area contributed by atoms with Crippen LogP contribution in [0.3, 0.4) is 0 Å². The van der Waals surface area contributed by atoms with E-state index in [1.54, 1.807) is 0 Å². The highest BCUT2D eigenvalue weighted by Gasteiger charge is 2.20. The van der Waals surface area contributed by atoms with Crippen LogP contribution in [0.1, 0.15) is 17.3 Å². The van der Waals surface area contributed by atoms with E-state index in [2.05, 4.69) is 10.2 Å². The van der Waals surface area contributed by atoms with Crippen molar-refractivity contribution >= 4 is 29.1 Å². The van der Waals surface area contributed by atoms with Crippen molar-refractivity contribution in [1.29, 1.82) is 0 Å². The summed E-state index contributed by atoms with van der Waals surface area (Å²) in [6.07, 6.45) is 0. The highest BCUT2D eigenvalue weighted by molar-refractivity contribution is 8.00. The van der Waals surface area contributed by atoms with E-state index in [0.717, 1.165) is 5.56 Å². The van der Waals surface area contributed by atoms with Crippen molar-refractivity contribution in [1.82, 2.24) is 14.8 Å². The fourth-order valence-corrected chi connectivity index (χ4v) is 3.46. The number of Topliss-reactive ketones (excluding diaryl/α,β-unsaturated/α-hetero) is 1. The number of aromatic nitrogens is 3. The largest absolute Gasteiger partial charge is 0.305 e. The van der Waals surface area contributed by atoms with Crippen LogP contribution in [0, 0.1) is 0 Å². The second kappa shape index (κ2) is 7.20. The Labute approximate surface area is 149 Å². The highest BCUT2D eigenvalue weighted by atomic mass is 35.5. The zero-order chi connectivity index (χ0) is 17.1. The first-order chi connectivity index (χ1) is 11.6. The summed E-state index contributed by atoms with van der Waals surface area (Å²) in [6, 6.07) is 16.8. The van der Waals surface area contributed by atoms with E-state index in [9.17, 15) is 4.79 Å². The standard InChI is InChI=1S/C18H16ClN3OS/c1-12(16(23)13-8-4-3-5-9-13)24-18-21-20-17(22(18)2)14-10-6-7-11-15(14)19/h3-12H,1-2H3. The maximum atomic E-state index is 12.5. The minimum Gasteiger partial charge on any atom is -0.305 e. The Morgan fingerprint density at radius 1 is 1.08 bits per heavy atom. The third kappa shape index (κ3) is 3.37. The maximum Gasteiger partial charge on any atom is 0.191 e. The van der Waals surface area contributed by atoms with E-state index in [0.29, 0.717) is 21.6 Å². The van der Waals surface area contributed by atoms with Gasteiger partial charge in [0.1, 0.15) is 0 Å². The second-order valence-corrected chi connectivity index (χ2v) is 7.05. The Morgan fingerprint density at radius 2 is 1.75 bits per heavy atom. The summed E-state index contributed by atoms with van der Waals surface area (Å²) < 4.78 is 1.86. The molecule has 0 radical (unpaired) electrons. The van der Waals surface area contributed by atoms with Crippen molar-refractivity contribution in [2.75, 3.05) is 0 Å². The molecule has 4 nitrogen and oxygen atoms in total. The van der Waals surface area contributed by atoms with E-state index in [4.69, 9.17) is 11.6 Å². The van der Waals surface area contributed by atoms with E-state index in [-0.39, 0.29) is 11.0 Å². The molecule has 0 bridgehead atoms. The topological polar surface area (TPSA) is 47.8 Å². The van der Waals surface area contributed by atoms with Crippen LogP contribution in [0.5, 0.6) is 0 Å². The highest BCUT2D eigenvalue weighted by Crippen LogP contribution is 2.30. The lowest BCUT2D eigenvalue weighted by molar-refractivity contribution is 0.0994. The summed E-state index contributed by atoms with van der Waals surface area (Å²) in [4.78, 5) is 12.5. The smallest absolute Gasteiger partial charge is 0.191 e. The van der Waals surface area contributed by atoms with Crippen molar-refractivity contribution in [2.24, 2.45) is 7.05 Å². The van der Waals surface area contributed by atoms with Crippen molar-refractivity contribution in [3.8, 4) is 11.4 Å². The zero-order valence-electron chi connectivity index (χ0n) is 13.3. The summed E-state index contributed by atoms with van der Waals surface area (Å²) in [6.45, 7) is 1.88. The van der Waals surface area contributed by atoms with E-state index < -0.39 is 0 Å². The lowest BCUT2D eigenvalue weighted by Crippen LogP contribution is -2.14. The molecular weight excluding hydrogens is 342 g/mol. The predicted molar refractivity (Wildman–Crippen MR) is 97.5 cm³/mol. The molecule has 0 N–H and O–H groups in total. The molecule has 1 atom stereocenters. The van der Waals surface area contributed by atoms with E-state index in [1.165, 1.54) is 11.8 Å². The summed E-state index contributed by atoms with van der Waals surface area (Å²) in [5.41, 5.74) is 1.52. The summed E-state index contributed by atoms with van der Waals surface area (Å²) >= 11 is 7.63. The van der Waals surface area contributed by atoms with Gasteiger partial charge in [-0.15, -0.1) is 10.2 Å². The van der Waals surface area contributed by atoms with Crippen molar-refractivity contribution in [2.45, 2.75) is 17.3 Å². The second-order valence-electron chi connectivity index (χ2n) is 5.34. The molecule has 6 heteroatoms. The number of carbonyl (C=O) groups is 1. The molecule has 0 spiro atoms. The Kier molecular flexibility index (Phi) is 5.02. The third-order valence-electron chi connectivity index (χ3n) is 3.66. The number of hydrogen-bond acceptors (Lipinski definition) is 4. The number of thioether (sulfide) groups is 1. The molecule has 24 heavy (non-hydrogen) atoms. The van der Waals surface area contributed by atoms with E-state index >= 15 is 0 Å². The Morgan fingerprint density at radius 3 is 2.46 bits per heavy atom. The minimum absolute atomic E-state index is 0.0721. The average Bonchev–Trinajstić information content (AvgIpc) is 2.96. The van der Waals surface area contributed by atoms with Crippen LogP contribution in [0.15, 0.2) is 59.8 Å². The van der Waals surface area contributed by atoms with Crippen LogP contribution in [0.2, 0.25) is 5.02 Å². The van der Waals surface area contributed by atoms with E-state index in [1.807, 2.05) is 73.1 Å². The first-order valence-corrected chi connectivity index (χ1v) is 8.74. The van der Waals surface area contributed by atoms with Crippen LogP contribution >= 0.6 is 23.4 Å². The maximum absolute atomic E-state index is 12.5. The number of benzene rings is 2.